The molecule has 0 aliphatic carbocycles. The Morgan fingerprint density at radius 1 is 1.23 bits per heavy atom. The lowest BCUT2D eigenvalue weighted by Gasteiger charge is -2.34. The van der Waals surface area contributed by atoms with Gasteiger partial charge in [0.1, 0.15) is 31.3 Å². The first-order chi connectivity index (χ1) is 16.8. The molecule has 0 radical (unpaired) electrons. The summed E-state index contributed by atoms with van der Waals surface area (Å²) < 4.78 is 24.7. The fraction of sp³-hybridized carbons (Fsp3) is 0.435. The lowest BCUT2D eigenvalue weighted by atomic mass is 10.1. The van der Waals surface area contributed by atoms with Gasteiger partial charge in [0.2, 0.25) is 11.9 Å². The molecule has 3 amide bonds. The van der Waals surface area contributed by atoms with Gasteiger partial charge in [-0.1, -0.05) is 0 Å². The molecule has 1 aromatic carbocycles. The number of amides is 3. The SMILES string of the molecule is COCC(=O)N1CCN(c2ncc(-c3ccc([N+]4(C(C)C(N)=O)CCOC4=O)cc3F)cn2)CC1. The molecule has 1 aromatic heterocycles. The molecule has 0 spiro atoms. The zero-order valence-corrected chi connectivity index (χ0v) is 19.6. The summed E-state index contributed by atoms with van der Waals surface area (Å²) in [5.74, 6) is -0.831. The topological polar surface area (TPSA) is 128 Å². The third-order valence-corrected chi connectivity index (χ3v) is 6.61. The van der Waals surface area contributed by atoms with Crippen molar-refractivity contribution in [3.63, 3.8) is 0 Å². The van der Waals surface area contributed by atoms with Gasteiger partial charge in [0.05, 0.1) is 0 Å². The van der Waals surface area contributed by atoms with E-state index in [4.69, 9.17) is 15.2 Å². The molecule has 2 fully saturated rings. The zero-order chi connectivity index (χ0) is 25.2. The van der Waals surface area contributed by atoms with Crippen molar-refractivity contribution in [2.45, 2.75) is 13.0 Å². The molecule has 11 nitrogen and oxygen atoms in total. The van der Waals surface area contributed by atoms with Crippen LogP contribution in [-0.4, -0.2) is 91.9 Å². The highest BCUT2D eigenvalue weighted by Gasteiger charge is 2.53. The Hall–Kier alpha value is -3.64. The van der Waals surface area contributed by atoms with Gasteiger partial charge in [0, 0.05) is 68.9 Å². The molecule has 0 saturated carbocycles. The van der Waals surface area contributed by atoms with Gasteiger partial charge >= 0.3 is 6.09 Å². The predicted octanol–water partition coefficient (Wildman–Crippen LogP) is 0.909. The monoisotopic (exact) mass is 487 g/mol. The van der Waals surface area contributed by atoms with E-state index in [-0.39, 0.29) is 31.2 Å². The average Bonchev–Trinajstić information content (AvgIpc) is 3.25. The molecular formula is C23H28FN6O5+. The van der Waals surface area contributed by atoms with Crippen LogP contribution in [0.2, 0.25) is 0 Å². The zero-order valence-electron chi connectivity index (χ0n) is 19.6. The molecule has 2 aliphatic rings. The summed E-state index contributed by atoms with van der Waals surface area (Å²) in [6.07, 6.45) is 2.42. The predicted molar refractivity (Wildman–Crippen MR) is 125 cm³/mol. The van der Waals surface area contributed by atoms with E-state index in [2.05, 4.69) is 9.97 Å². The Morgan fingerprint density at radius 2 is 1.91 bits per heavy atom. The third kappa shape index (κ3) is 4.54. The van der Waals surface area contributed by atoms with Crippen LogP contribution in [0.5, 0.6) is 0 Å². The average molecular weight is 488 g/mol. The number of primary amides is 1. The first kappa shape index (κ1) is 24.5. The van der Waals surface area contributed by atoms with Gasteiger partial charge in [-0.05, 0) is 13.0 Å². The van der Waals surface area contributed by atoms with Crippen molar-refractivity contribution in [2.75, 3.05) is 57.9 Å². The fourth-order valence-electron chi connectivity index (χ4n) is 4.49. The lowest BCUT2D eigenvalue weighted by molar-refractivity contribution is -0.135. The number of anilines is 1. The van der Waals surface area contributed by atoms with Crippen LogP contribution >= 0.6 is 0 Å². The first-order valence-corrected chi connectivity index (χ1v) is 11.3. The smallest absolute Gasteiger partial charge is 0.414 e. The van der Waals surface area contributed by atoms with Crippen molar-refractivity contribution in [1.82, 2.24) is 19.4 Å². The van der Waals surface area contributed by atoms with Gasteiger partial charge in [0.15, 0.2) is 6.04 Å². The van der Waals surface area contributed by atoms with Crippen LogP contribution in [0.1, 0.15) is 6.92 Å². The van der Waals surface area contributed by atoms with Gasteiger partial charge < -0.3 is 25.0 Å². The highest BCUT2D eigenvalue weighted by atomic mass is 19.1. The maximum absolute atomic E-state index is 15.2. The Balaban J connectivity index is 1.51. The summed E-state index contributed by atoms with van der Waals surface area (Å²) in [7, 11) is 1.49. The van der Waals surface area contributed by atoms with Crippen molar-refractivity contribution < 1.29 is 28.2 Å². The fourth-order valence-corrected chi connectivity index (χ4v) is 4.49. The highest BCUT2D eigenvalue weighted by molar-refractivity contribution is 5.93. The number of hydrogen-bond donors (Lipinski definition) is 1. The van der Waals surface area contributed by atoms with E-state index in [1.165, 1.54) is 38.6 Å². The van der Waals surface area contributed by atoms with E-state index in [1.54, 1.807) is 11.0 Å². The number of nitrogens with two attached hydrogens (primary N) is 1. The molecule has 2 unspecified atom stereocenters. The van der Waals surface area contributed by atoms with Crippen molar-refractivity contribution in [1.29, 1.82) is 0 Å². The van der Waals surface area contributed by atoms with Gasteiger partial charge in [-0.15, -0.1) is 0 Å². The van der Waals surface area contributed by atoms with Crippen molar-refractivity contribution in [2.24, 2.45) is 5.73 Å². The van der Waals surface area contributed by atoms with Crippen molar-refractivity contribution in [3.8, 4) is 11.1 Å². The van der Waals surface area contributed by atoms with Crippen LogP contribution in [0.4, 0.5) is 20.8 Å². The molecule has 4 rings (SSSR count). The molecule has 2 saturated heterocycles. The van der Waals surface area contributed by atoms with Crippen LogP contribution in [0.3, 0.4) is 0 Å². The number of carbonyl (C=O) groups is 3. The largest absolute Gasteiger partial charge is 0.522 e. The molecule has 186 valence electrons. The van der Waals surface area contributed by atoms with Crippen LogP contribution in [-0.2, 0) is 19.1 Å². The number of aromatic nitrogens is 2. The summed E-state index contributed by atoms with van der Waals surface area (Å²) in [5, 5.41) is 0. The number of nitrogens with zero attached hydrogens (tertiary/aromatic N) is 5. The number of cyclic esters (lactones) is 1. The second-order valence-electron chi connectivity index (χ2n) is 8.52. The minimum atomic E-state index is -0.914. The van der Waals surface area contributed by atoms with Gasteiger partial charge in [-0.25, -0.2) is 14.4 Å². The summed E-state index contributed by atoms with van der Waals surface area (Å²) in [6.45, 7) is 4.11. The number of ether oxygens (including phenoxy) is 2. The number of benzene rings is 1. The summed E-state index contributed by atoms with van der Waals surface area (Å²) >= 11 is 0. The second kappa shape index (κ2) is 9.92. The maximum atomic E-state index is 15.2. The molecule has 3 heterocycles. The number of quaternary nitrogens is 1. The number of methoxy groups -OCH3 is 1. The van der Waals surface area contributed by atoms with Gasteiger partial charge in [-0.2, -0.15) is 9.28 Å². The van der Waals surface area contributed by atoms with Crippen LogP contribution in [0.25, 0.3) is 11.1 Å². The lowest BCUT2D eigenvalue weighted by Crippen LogP contribution is -2.61. The molecule has 35 heavy (non-hydrogen) atoms. The van der Waals surface area contributed by atoms with E-state index < -0.39 is 28.3 Å². The number of halogens is 1. The van der Waals surface area contributed by atoms with Gasteiger partial charge in [-0.3, -0.25) is 9.59 Å². The van der Waals surface area contributed by atoms with E-state index in [0.29, 0.717) is 43.4 Å². The normalized spacial score (nSPS) is 21.1. The number of rotatable bonds is 7. The van der Waals surface area contributed by atoms with E-state index in [1.807, 2.05) is 4.90 Å². The number of hydrogen-bond acceptors (Lipinski definition) is 8. The van der Waals surface area contributed by atoms with E-state index >= 15 is 4.39 Å². The minimum Gasteiger partial charge on any atom is -0.414 e. The standard InChI is InChI=1S/C23H27FN6O5/c1-15(21(25)32)30(9-10-35-23(30)33)17-3-4-18(19(24)11-17)16-12-26-22(27-13-16)29-7-5-28(6-8-29)20(31)14-34-2/h3-4,11-13,15H,5-10,14H2,1-2H3,(H-,25,32)/p+1. The second-order valence-corrected chi connectivity index (χ2v) is 8.52. The van der Waals surface area contributed by atoms with Crippen LogP contribution in [0, 0.1) is 5.82 Å². The molecule has 2 aromatic rings. The third-order valence-electron chi connectivity index (χ3n) is 6.61. The molecule has 2 atom stereocenters. The van der Waals surface area contributed by atoms with Gasteiger partial charge in [0.25, 0.3) is 5.91 Å². The summed E-state index contributed by atoms with van der Waals surface area (Å²) in [5.41, 5.74) is 6.48. The first-order valence-electron chi connectivity index (χ1n) is 11.3. The highest BCUT2D eigenvalue weighted by Crippen LogP contribution is 2.35. The minimum absolute atomic E-state index is 0.0537. The van der Waals surface area contributed by atoms with E-state index in [9.17, 15) is 14.4 Å². The Labute approximate surface area is 201 Å². The Morgan fingerprint density at radius 3 is 2.46 bits per heavy atom. The quantitative estimate of drug-likeness (QED) is 0.571. The molecule has 0 bridgehead atoms. The number of piperazine rings is 1. The molecule has 2 N–H and O–H groups in total. The van der Waals surface area contributed by atoms with Crippen molar-refractivity contribution >= 4 is 29.5 Å². The molecule has 2 aliphatic heterocycles. The van der Waals surface area contributed by atoms with E-state index in [0.717, 1.165) is 0 Å². The molecular weight excluding hydrogens is 459 g/mol. The Bertz CT molecular complexity index is 1120. The molecule has 12 heteroatoms. The summed E-state index contributed by atoms with van der Waals surface area (Å²) in [4.78, 5) is 48.9. The maximum Gasteiger partial charge on any atom is 0.522 e. The van der Waals surface area contributed by atoms with Crippen LogP contribution in [0.15, 0.2) is 30.6 Å². The summed E-state index contributed by atoms with van der Waals surface area (Å²) in [6, 6.07) is 3.44. The number of carbonyl (C=O) groups excluding carboxylic acids is 3. The van der Waals surface area contributed by atoms with Crippen molar-refractivity contribution in [3.05, 3.63) is 36.4 Å². The van der Waals surface area contributed by atoms with Crippen LogP contribution < -0.4 is 15.1 Å². The Kier molecular flexibility index (Phi) is 6.94.